The van der Waals surface area contributed by atoms with Gasteiger partial charge in [0.05, 0.1) is 43.6 Å². The van der Waals surface area contributed by atoms with Gasteiger partial charge in [-0.2, -0.15) is 0 Å². The minimum absolute atomic E-state index is 0.156. The second kappa shape index (κ2) is 11.6. The molecule has 1 fully saturated rings. The summed E-state index contributed by atoms with van der Waals surface area (Å²) in [5.74, 6) is 1.36. The molecule has 4 heterocycles. The van der Waals surface area contributed by atoms with Gasteiger partial charge in [0.15, 0.2) is 0 Å². The highest BCUT2D eigenvalue weighted by atomic mass is 16.5. The van der Waals surface area contributed by atoms with Crippen LogP contribution in [0.5, 0.6) is 5.88 Å². The molecule has 0 spiro atoms. The van der Waals surface area contributed by atoms with Gasteiger partial charge in [0.25, 0.3) is 5.56 Å². The number of aromatic amines is 1. The number of carbonyl (C=O) groups excluding carboxylic acids is 1. The van der Waals surface area contributed by atoms with Crippen LogP contribution in [0.3, 0.4) is 0 Å². The minimum Gasteiger partial charge on any atom is -0.480 e. The van der Waals surface area contributed by atoms with Crippen molar-refractivity contribution < 1.29 is 14.3 Å². The van der Waals surface area contributed by atoms with Crippen molar-refractivity contribution in [3.8, 4) is 17.3 Å². The molecule has 1 aromatic carbocycles. The summed E-state index contributed by atoms with van der Waals surface area (Å²) in [6, 6.07) is 9.88. The molecule has 0 atom stereocenters. The summed E-state index contributed by atoms with van der Waals surface area (Å²) in [6.07, 6.45) is 7.04. The number of hydrogen-bond donors (Lipinski definition) is 2. The van der Waals surface area contributed by atoms with Gasteiger partial charge >= 0.3 is 0 Å². The lowest BCUT2D eigenvalue weighted by molar-refractivity contribution is -0.133. The summed E-state index contributed by atoms with van der Waals surface area (Å²) in [4.78, 5) is 43.2. The molecule has 5 rings (SSSR count). The highest BCUT2D eigenvalue weighted by Gasteiger charge is 2.24. The first-order chi connectivity index (χ1) is 19.0. The van der Waals surface area contributed by atoms with E-state index in [1.807, 2.05) is 23.1 Å². The Morgan fingerprint density at radius 2 is 1.92 bits per heavy atom. The summed E-state index contributed by atoms with van der Waals surface area (Å²) in [7, 11) is 3.15. The molecule has 0 unspecified atom stereocenters. The van der Waals surface area contributed by atoms with Crippen LogP contribution in [0.2, 0.25) is 0 Å². The molecule has 202 valence electrons. The molecule has 0 radical (unpaired) electrons. The molecule has 4 aromatic rings. The second-order valence-electron chi connectivity index (χ2n) is 9.67. The van der Waals surface area contributed by atoms with E-state index in [9.17, 15) is 9.59 Å². The Labute approximate surface area is 226 Å². The molecule has 3 aromatic heterocycles. The van der Waals surface area contributed by atoms with Crippen molar-refractivity contribution in [3.05, 3.63) is 70.4 Å². The van der Waals surface area contributed by atoms with Gasteiger partial charge < -0.3 is 24.7 Å². The predicted molar refractivity (Wildman–Crippen MR) is 149 cm³/mol. The van der Waals surface area contributed by atoms with E-state index >= 15 is 0 Å². The number of aryl methyl sites for hydroxylation is 1. The van der Waals surface area contributed by atoms with Gasteiger partial charge in [-0.25, -0.2) is 9.97 Å². The Morgan fingerprint density at radius 3 is 2.67 bits per heavy atom. The van der Waals surface area contributed by atoms with E-state index in [1.54, 1.807) is 19.5 Å². The lowest BCUT2D eigenvalue weighted by atomic mass is 9.86. The third kappa shape index (κ3) is 5.75. The van der Waals surface area contributed by atoms with Crippen LogP contribution in [-0.4, -0.2) is 64.7 Å². The highest BCUT2D eigenvalue weighted by Crippen LogP contribution is 2.33. The van der Waals surface area contributed by atoms with Crippen LogP contribution < -0.4 is 15.6 Å². The predicted octanol–water partition coefficient (Wildman–Crippen LogP) is 4.18. The number of piperidine rings is 1. The Balaban J connectivity index is 1.39. The van der Waals surface area contributed by atoms with Crippen molar-refractivity contribution in [2.75, 3.05) is 39.2 Å². The molecular formula is C29H32N6O4. The van der Waals surface area contributed by atoms with Crippen molar-refractivity contribution in [2.45, 2.75) is 32.1 Å². The van der Waals surface area contributed by atoms with Crippen molar-refractivity contribution in [2.24, 2.45) is 0 Å². The van der Waals surface area contributed by atoms with Gasteiger partial charge in [0.2, 0.25) is 11.8 Å². The average molecular weight is 529 g/mol. The molecule has 2 N–H and O–H groups in total. The monoisotopic (exact) mass is 528 g/mol. The molecule has 1 aliphatic heterocycles. The van der Waals surface area contributed by atoms with Gasteiger partial charge in [-0.3, -0.25) is 14.6 Å². The van der Waals surface area contributed by atoms with Gasteiger partial charge in [-0.05, 0) is 66.5 Å². The zero-order valence-electron chi connectivity index (χ0n) is 22.4. The highest BCUT2D eigenvalue weighted by molar-refractivity contribution is 5.95. The zero-order chi connectivity index (χ0) is 27.4. The Bertz CT molecular complexity index is 1540. The SMILES string of the molecule is COCCC(=O)N1CCC(c2ccc(Nc3nc(-c4cncc(OC)n4)cc4cc[nH]c(=O)c34)cc2C)CC1. The van der Waals surface area contributed by atoms with Crippen LogP contribution in [0.1, 0.15) is 36.3 Å². The number of benzene rings is 1. The first-order valence-corrected chi connectivity index (χ1v) is 13.0. The number of pyridine rings is 2. The number of rotatable bonds is 8. The van der Waals surface area contributed by atoms with E-state index in [2.05, 4.69) is 39.3 Å². The summed E-state index contributed by atoms with van der Waals surface area (Å²) < 4.78 is 10.3. The topological polar surface area (TPSA) is 122 Å². The fourth-order valence-corrected chi connectivity index (χ4v) is 5.14. The number of methoxy groups -OCH3 is 2. The molecule has 39 heavy (non-hydrogen) atoms. The van der Waals surface area contributed by atoms with Gasteiger partial charge in [0, 0.05) is 32.1 Å². The largest absolute Gasteiger partial charge is 0.480 e. The number of likely N-dealkylation sites (tertiary alicyclic amines) is 1. The number of H-pyrrole nitrogens is 1. The number of anilines is 2. The summed E-state index contributed by atoms with van der Waals surface area (Å²) in [5.41, 5.74) is 4.14. The molecule has 1 amide bonds. The lowest BCUT2D eigenvalue weighted by Crippen LogP contribution is -2.38. The van der Waals surface area contributed by atoms with Crippen LogP contribution in [-0.2, 0) is 9.53 Å². The van der Waals surface area contributed by atoms with Crippen LogP contribution in [0.25, 0.3) is 22.2 Å². The maximum absolute atomic E-state index is 12.8. The van der Waals surface area contributed by atoms with E-state index in [0.717, 1.165) is 42.6 Å². The van der Waals surface area contributed by atoms with Crippen LogP contribution in [0.4, 0.5) is 11.5 Å². The number of aromatic nitrogens is 4. The second-order valence-corrected chi connectivity index (χ2v) is 9.67. The number of nitrogens with zero attached hydrogens (tertiary/aromatic N) is 4. The Kier molecular flexibility index (Phi) is 7.83. The quantitative estimate of drug-likeness (QED) is 0.349. The van der Waals surface area contributed by atoms with Crippen LogP contribution in [0.15, 0.2) is 53.7 Å². The average Bonchev–Trinajstić information content (AvgIpc) is 2.96. The maximum atomic E-state index is 12.8. The molecule has 1 saturated heterocycles. The number of hydrogen-bond acceptors (Lipinski definition) is 8. The number of amides is 1. The fraction of sp³-hybridized carbons (Fsp3) is 0.345. The standard InChI is InChI=1S/C29H32N6O4/c1-18-14-21(4-5-22(18)19-7-11-35(12-8-19)26(36)9-13-38-2)32-28-27-20(6-10-31-29(27)37)15-23(34-28)24-16-30-17-25(33-24)39-3/h4-6,10,14-17,19H,7-9,11-13H2,1-3H3,(H,31,37)(H,32,34). The smallest absolute Gasteiger partial charge is 0.259 e. The molecular weight excluding hydrogens is 496 g/mol. The number of ether oxygens (including phenoxy) is 2. The van der Waals surface area contributed by atoms with E-state index in [4.69, 9.17) is 14.5 Å². The van der Waals surface area contributed by atoms with Crippen molar-refractivity contribution in [3.63, 3.8) is 0 Å². The summed E-state index contributed by atoms with van der Waals surface area (Å²) in [6.45, 7) is 4.06. The summed E-state index contributed by atoms with van der Waals surface area (Å²) >= 11 is 0. The third-order valence-corrected chi connectivity index (χ3v) is 7.18. The molecule has 1 aliphatic rings. The third-order valence-electron chi connectivity index (χ3n) is 7.18. The number of nitrogens with one attached hydrogen (secondary N) is 2. The van der Waals surface area contributed by atoms with Crippen molar-refractivity contribution in [1.82, 2.24) is 24.8 Å². The molecule has 0 saturated carbocycles. The zero-order valence-corrected chi connectivity index (χ0v) is 22.4. The first kappa shape index (κ1) is 26.3. The van der Waals surface area contributed by atoms with Gasteiger partial charge in [-0.1, -0.05) is 6.07 Å². The molecule has 0 bridgehead atoms. The maximum Gasteiger partial charge on any atom is 0.259 e. The molecule has 10 nitrogen and oxygen atoms in total. The van der Waals surface area contributed by atoms with Crippen LogP contribution >= 0.6 is 0 Å². The van der Waals surface area contributed by atoms with Crippen LogP contribution in [0, 0.1) is 6.92 Å². The Hall–Kier alpha value is -4.31. The van der Waals surface area contributed by atoms with E-state index in [0.29, 0.717) is 47.4 Å². The van der Waals surface area contributed by atoms with E-state index < -0.39 is 0 Å². The van der Waals surface area contributed by atoms with E-state index in [1.165, 1.54) is 18.9 Å². The number of carbonyl (C=O) groups is 1. The van der Waals surface area contributed by atoms with E-state index in [-0.39, 0.29) is 11.5 Å². The summed E-state index contributed by atoms with van der Waals surface area (Å²) in [5, 5.41) is 4.56. The molecule has 0 aliphatic carbocycles. The fourth-order valence-electron chi connectivity index (χ4n) is 5.14. The Morgan fingerprint density at radius 1 is 1.10 bits per heavy atom. The number of fused-ring (bicyclic) bond motifs is 1. The van der Waals surface area contributed by atoms with Crippen molar-refractivity contribution in [1.29, 1.82) is 0 Å². The van der Waals surface area contributed by atoms with Crippen molar-refractivity contribution >= 4 is 28.2 Å². The molecule has 10 heteroatoms. The normalized spacial score (nSPS) is 14.0. The lowest BCUT2D eigenvalue weighted by Gasteiger charge is -2.33. The first-order valence-electron chi connectivity index (χ1n) is 13.0. The van der Waals surface area contributed by atoms with Gasteiger partial charge in [0.1, 0.15) is 11.5 Å². The van der Waals surface area contributed by atoms with Gasteiger partial charge in [-0.15, -0.1) is 0 Å². The minimum atomic E-state index is -0.231.